The summed E-state index contributed by atoms with van der Waals surface area (Å²) in [6.45, 7) is 3.86. The highest BCUT2D eigenvalue weighted by molar-refractivity contribution is 6.02. The number of carbonyl (C=O) groups excluding carboxylic acids is 3. The highest BCUT2D eigenvalue weighted by Crippen LogP contribution is 2.10. The van der Waals surface area contributed by atoms with Gasteiger partial charge in [-0.25, -0.2) is 19.4 Å². The molecule has 0 saturated heterocycles. The van der Waals surface area contributed by atoms with Crippen LogP contribution >= 0.6 is 0 Å². The summed E-state index contributed by atoms with van der Waals surface area (Å²) < 4.78 is 15.2. The summed E-state index contributed by atoms with van der Waals surface area (Å²) in [4.78, 5) is 41.0. The molecule has 0 aliphatic heterocycles. The van der Waals surface area contributed by atoms with Gasteiger partial charge in [-0.1, -0.05) is 74.5 Å². The predicted octanol–water partition coefficient (Wildman–Crippen LogP) is 3.78. The lowest BCUT2D eigenvalue weighted by Crippen LogP contribution is -2.45. The van der Waals surface area contributed by atoms with Crippen molar-refractivity contribution in [3.05, 3.63) is 71.8 Å². The van der Waals surface area contributed by atoms with Crippen LogP contribution in [0.5, 0.6) is 0 Å². The van der Waals surface area contributed by atoms with Gasteiger partial charge in [0.05, 0.1) is 7.11 Å². The Bertz CT molecular complexity index is 872. The second-order valence-electron chi connectivity index (χ2n) is 7.52. The maximum atomic E-state index is 12.3. The number of nitrogens with zero attached hydrogens (tertiary/aromatic N) is 1. The number of aliphatic imine (C=N–C) groups is 1. The van der Waals surface area contributed by atoms with Crippen molar-refractivity contribution in [2.75, 3.05) is 7.11 Å². The number of nitrogens with one attached hydrogen (secondary N) is 2. The zero-order valence-corrected chi connectivity index (χ0v) is 18.9. The monoisotopic (exact) mass is 455 g/mol. The second-order valence-corrected chi connectivity index (χ2v) is 7.52. The third kappa shape index (κ3) is 9.86. The average molecular weight is 456 g/mol. The summed E-state index contributed by atoms with van der Waals surface area (Å²) in [6, 6.07) is 17.3. The molecule has 0 aliphatic rings. The molecule has 0 radical (unpaired) electrons. The Morgan fingerprint density at radius 2 is 1.27 bits per heavy atom. The molecule has 2 rings (SSSR count). The zero-order chi connectivity index (χ0) is 24.1. The first-order chi connectivity index (χ1) is 15.9. The molecule has 0 saturated carbocycles. The number of carbonyl (C=O) groups is 3. The molecule has 33 heavy (non-hydrogen) atoms. The SMILES string of the molecule is COC(=O)[C@H](CC(C)C)N=C(NC(=O)OCc1ccccc1)NC(=O)OCc1ccccc1. The first-order valence-corrected chi connectivity index (χ1v) is 10.5. The van der Waals surface area contributed by atoms with Crippen LogP contribution in [0.3, 0.4) is 0 Å². The molecule has 2 amide bonds. The van der Waals surface area contributed by atoms with Gasteiger partial charge in [0.2, 0.25) is 5.96 Å². The lowest BCUT2D eigenvalue weighted by molar-refractivity contribution is -0.142. The molecule has 0 heterocycles. The fourth-order valence-electron chi connectivity index (χ4n) is 2.75. The van der Waals surface area contributed by atoms with Crippen LogP contribution in [-0.4, -0.2) is 37.3 Å². The van der Waals surface area contributed by atoms with Gasteiger partial charge in [0, 0.05) is 0 Å². The summed E-state index contributed by atoms with van der Waals surface area (Å²) in [6.07, 6.45) is -1.36. The summed E-state index contributed by atoms with van der Waals surface area (Å²) >= 11 is 0. The van der Waals surface area contributed by atoms with Gasteiger partial charge in [0.1, 0.15) is 13.2 Å². The Morgan fingerprint density at radius 1 is 0.818 bits per heavy atom. The number of benzene rings is 2. The lowest BCUT2D eigenvalue weighted by Gasteiger charge is -2.16. The molecule has 9 heteroatoms. The van der Waals surface area contributed by atoms with E-state index in [4.69, 9.17) is 14.2 Å². The van der Waals surface area contributed by atoms with Gasteiger partial charge < -0.3 is 14.2 Å². The Morgan fingerprint density at radius 3 is 1.67 bits per heavy atom. The summed E-state index contributed by atoms with van der Waals surface area (Å²) in [5, 5.41) is 4.74. The molecule has 0 aliphatic carbocycles. The lowest BCUT2D eigenvalue weighted by atomic mass is 10.0. The number of ether oxygens (including phenoxy) is 3. The van der Waals surface area contributed by atoms with E-state index >= 15 is 0 Å². The minimum atomic E-state index is -0.936. The molecule has 1 atom stereocenters. The molecule has 0 fully saturated rings. The Labute approximate surface area is 193 Å². The first-order valence-electron chi connectivity index (χ1n) is 10.5. The van der Waals surface area contributed by atoms with Crippen molar-refractivity contribution in [3.8, 4) is 0 Å². The standard InChI is InChI=1S/C24H29N3O6/c1-17(2)14-20(21(28)31-3)25-22(26-23(29)32-15-18-10-6-4-7-11-18)27-24(30)33-16-19-12-8-5-9-13-19/h4-13,17,20H,14-16H2,1-3H3,(H2,25,26,27,29,30)/t20-/m0/s1. The van der Waals surface area contributed by atoms with Gasteiger partial charge in [0.25, 0.3) is 0 Å². The number of amides is 2. The van der Waals surface area contributed by atoms with E-state index in [9.17, 15) is 14.4 Å². The van der Waals surface area contributed by atoms with Gasteiger partial charge in [-0.15, -0.1) is 0 Å². The number of guanidine groups is 1. The molecule has 0 spiro atoms. The Hall–Kier alpha value is -3.88. The molecular formula is C24H29N3O6. The third-order valence-electron chi connectivity index (χ3n) is 4.32. The number of hydrogen-bond acceptors (Lipinski definition) is 7. The molecule has 0 unspecified atom stereocenters. The van der Waals surface area contributed by atoms with Crippen LogP contribution in [-0.2, 0) is 32.2 Å². The molecule has 2 N–H and O–H groups in total. The molecule has 176 valence electrons. The number of esters is 1. The van der Waals surface area contributed by atoms with E-state index in [0.29, 0.717) is 6.42 Å². The molecule has 2 aromatic carbocycles. The van der Waals surface area contributed by atoms with Gasteiger partial charge in [0.15, 0.2) is 6.04 Å². The fraction of sp³-hybridized carbons (Fsp3) is 0.333. The van der Waals surface area contributed by atoms with E-state index in [1.165, 1.54) is 7.11 Å². The maximum Gasteiger partial charge on any atom is 0.414 e. The van der Waals surface area contributed by atoms with Crippen LogP contribution in [0.1, 0.15) is 31.4 Å². The van der Waals surface area contributed by atoms with Crippen molar-refractivity contribution in [1.82, 2.24) is 10.6 Å². The van der Waals surface area contributed by atoms with Gasteiger partial charge in [-0.3, -0.25) is 10.6 Å². The van der Waals surface area contributed by atoms with Crippen molar-refractivity contribution in [2.45, 2.75) is 39.5 Å². The smallest absolute Gasteiger partial charge is 0.414 e. The maximum absolute atomic E-state index is 12.3. The molecule has 2 aromatic rings. The normalized spacial score (nSPS) is 11.2. The molecule has 9 nitrogen and oxygen atoms in total. The van der Waals surface area contributed by atoms with Crippen molar-refractivity contribution >= 4 is 24.1 Å². The number of rotatable bonds is 8. The van der Waals surface area contributed by atoms with Crippen LogP contribution in [0.4, 0.5) is 9.59 Å². The largest absolute Gasteiger partial charge is 0.467 e. The Balaban J connectivity index is 2.08. The second kappa shape index (κ2) is 13.5. The van der Waals surface area contributed by atoms with E-state index < -0.39 is 24.2 Å². The van der Waals surface area contributed by atoms with Crippen molar-refractivity contribution in [1.29, 1.82) is 0 Å². The molecule has 0 aromatic heterocycles. The number of methoxy groups -OCH3 is 1. The van der Waals surface area contributed by atoms with E-state index in [-0.39, 0.29) is 25.1 Å². The first kappa shape index (κ1) is 25.4. The highest BCUT2D eigenvalue weighted by Gasteiger charge is 2.22. The fourth-order valence-corrected chi connectivity index (χ4v) is 2.75. The van der Waals surface area contributed by atoms with Gasteiger partial charge in [-0.05, 0) is 23.5 Å². The number of hydrogen-bond donors (Lipinski definition) is 2. The van der Waals surface area contributed by atoms with Crippen LogP contribution in [0.2, 0.25) is 0 Å². The Kier molecular flexibility index (Phi) is 10.4. The minimum absolute atomic E-state index is 0.0187. The van der Waals surface area contributed by atoms with Crippen molar-refractivity contribution in [2.24, 2.45) is 10.9 Å². The van der Waals surface area contributed by atoms with Gasteiger partial charge in [-0.2, -0.15) is 0 Å². The summed E-state index contributed by atoms with van der Waals surface area (Å²) in [5.74, 6) is -0.767. The van der Waals surface area contributed by atoms with E-state index in [1.54, 1.807) is 24.3 Å². The zero-order valence-electron chi connectivity index (χ0n) is 18.9. The van der Waals surface area contributed by atoms with Crippen molar-refractivity contribution < 1.29 is 28.6 Å². The summed E-state index contributed by atoms with van der Waals surface area (Å²) in [5.41, 5.74) is 1.57. The van der Waals surface area contributed by atoms with Gasteiger partial charge >= 0.3 is 18.2 Å². The summed E-state index contributed by atoms with van der Waals surface area (Å²) in [7, 11) is 1.24. The van der Waals surface area contributed by atoms with Crippen LogP contribution in [0.15, 0.2) is 65.7 Å². The topological polar surface area (TPSA) is 115 Å². The van der Waals surface area contributed by atoms with E-state index in [1.807, 2.05) is 50.2 Å². The number of alkyl carbamates (subject to hydrolysis) is 2. The van der Waals surface area contributed by atoms with E-state index in [2.05, 4.69) is 15.6 Å². The average Bonchev–Trinajstić information content (AvgIpc) is 2.81. The molecular weight excluding hydrogens is 426 g/mol. The third-order valence-corrected chi connectivity index (χ3v) is 4.32. The van der Waals surface area contributed by atoms with Crippen molar-refractivity contribution in [3.63, 3.8) is 0 Å². The minimum Gasteiger partial charge on any atom is -0.467 e. The van der Waals surface area contributed by atoms with Crippen LogP contribution in [0, 0.1) is 5.92 Å². The molecule has 0 bridgehead atoms. The predicted molar refractivity (Wildman–Crippen MR) is 122 cm³/mol. The van der Waals surface area contributed by atoms with Crippen LogP contribution in [0.25, 0.3) is 0 Å². The highest BCUT2D eigenvalue weighted by atomic mass is 16.6. The van der Waals surface area contributed by atoms with E-state index in [0.717, 1.165) is 11.1 Å². The quantitative estimate of drug-likeness (QED) is 0.271. The van der Waals surface area contributed by atoms with Crippen LogP contribution < -0.4 is 10.6 Å².